The number of carbonyl (C=O) groups excluding carboxylic acids is 1. The van der Waals surface area contributed by atoms with E-state index in [1.807, 2.05) is 19.1 Å². The summed E-state index contributed by atoms with van der Waals surface area (Å²) in [6.07, 6.45) is 2.24. The van der Waals surface area contributed by atoms with E-state index in [0.29, 0.717) is 18.5 Å². The van der Waals surface area contributed by atoms with Crippen molar-refractivity contribution >= 4 is 6.29 Å². The summed E-state index contributed by atoms with van der Waals surface area (Å²) in [4.78, 5) is 10.3. The quantitative estimate of drug-likeness (QED) is 0.680. The van der Waals surface area contributed by atoms with E-state index in [2.05, 4.69) is 10.3 Å². The minimum absolute atomic E-state index is 0.327. The number of rotatable bonds is 3. The molecule has 2 aromatic rings. The summed E-state index contributed by atoms with van der Waals surface area (Å²) in [6, 6.07) is 3.75. The molecular formula is C9H9N3O2. The van der Waals surface area contributed by atoms with Crippen molar-refractivity contribution in [2.75, 3.05) is 0 Å². The number of nitrogens with zero attached hydrogens (tertiary/aromatic N) is 3. The lowest BCUT2D eigenvalue weighted by atomic mass is 10.4. The average Bonchev–Trinajstić information content (AvgIpc) is 2.76. The van der Waals surface area contributed by atoms with Gasteiger partial charge in [-0.1, -0.05) is 5.21 Å². The van der Waals surface area contributed by atoms with Crippen LogP contribution in [0.5, 0.6) is 0 Å². The zero-order valence-corrected chi connectivity index (χ0v) is 7.67. The Bertz CT molecular complexity index is 444. The van der Waals surface area contributed by atoms with E-state index in [0.717, 1.165) is 11.5 Å². The van der Waals surface area contributed by atoms with E-state index in [4.69, 9.17) is 4.42 Å². The molecule has 5 nitrogen and oxygen atoms in total. The van der Waals surface area contributed by atoms with Crippen LogP contribution in [0.15, 0.2) is 22.7 Å². The predicted octanol–water partition coefficient (Wildman–Crippen LogP) is 1.04. The van der Waals surface area contributed by atoms with Crippen LogP contribution >= 0.6 is 0 Å². The van der Waals surface area contributed by atoms with Crippen LogP contribution in [0.25, 0.3) is 0 Å². The molecule has 0 radical (unpaired) electrons. The van der Waals surface area contributed by atoms with Crippen LogP contribution in [0.1, 0.15) is 22.0 Å². The van der Waals surface area contributed by atoms with Gasteiger partial charge in [0.2, 0.25) is 0 Å². The van der Waals surface area contributed by atoms with Gasteiger partial charge in [0, 0.05) is 0 Å². The molecule has 0 aliphatic rings. The second kappa shape index (κ2) is 3.45. The molecule has 2 rings (SSSR count). The standard InChI is InChI=1S/C9H9N3O2/c1-7-2-3-9(14-7)5-12-4-8(6-13)10-11-12/h2-4,6H,5H2,1H3. The van der Waals surface area contributed by atoms with Gasteiger partial charge < -0.3 is 4.42 Å². The summed E-state index contributed by atoms with van der Waals surface area (Å²) >= 11 is 0. The Balaban J connectivity index is 2.14. The van der Waals surface area contributed by atoms with Gasteiger partial charge in [-0.15, -0.1) is 5.10 Å². The van der Waals surface area contributed by atoms with Crippen LogP contribution in [0, 0.1) is 6.92 Å². The highest BCUT2D eigenvalue weighted by Crippen LogP contribution is 2.07. The zero-order valence-electron chi connectivity index (χ0n) is 7.67. The van der Waals surface area contributed by atoms with Crippen molar-refractivity contribution in [3.05, 3.63) is 35.5 Å². The summed E-state index contributed by atoms with van der Waals surface area (Å²) in [6.45, 7) is 2.37. The number of aromatic nitrogens is 3. The molecule has 0 aromatic carbocycles. The molecule has 5 heteroatoms. The van der Waals surface area contributed by atoms with Gasteiger partial charge in [-0.25, -0.2) is 4.68 Å². The summed E-state index contributed by atoms with van der Waals surface area (Å²) in [7, 11) is 0. The van der Waals surface area contributed by atoms with Crippen molar-refractivity contribution < 1.29 is 9.21 Å². The molecule has 14 heavy (non-hydrogen) atoms. The Morgan fingerprint density at radius 2 is 2.43 bits per heavy atom. The fourth-order valence-electron chi connectivity index (χ4n) is 1.17. The van der Waals surface area contributed by atoms with E-state index in [1.54, 1.807) is 10.9 Å². The lowest BCUT2D eigenvalue weighted by Gasteiger charge is -1.94. The average molecular weight is 191 g/mol. The van der Waals surface area contributed by atoms with Crippen molar-refractivity contribution in [3.63, 3.8) is 0 Å². The molecule has 0 spiro atoms. The van der Waals surface area contributed by atoms with E-state index in [1.165, 1.54) is 0 Å². The Hall–Kier alpha value is -1.91. The number of furan rings is 1. The molecule has 0 unspecified atom stereocenters. The summed E-state index contributed by atoms with van der Waals surface area (Å²) < 4.78 is 6.91. The van der Waals surface area contributed by atoms with Gasteiger partial charge in [0.1, 0.15) is 23.8 Å². The number of hydrogen-bond donors (Lipinski definition) is 0. The first-order valence-corrected chi connectivity index (χ1v) is 4.18. The van der Waals surface area contributed by atoms with Gasteiger partial charge in [-0.05, 0) is 19.1 Å². The number of aldehydes is 1. The molecule has 0 aliphatic heterocycles. The molecule has 2 heterocycles. The third kappa shape index (κ3) is 1.71. The Morgan fingerprint density at radius 1 is 1.57 bits per heavy atom. The SMILES string of the molecule is Cc1ccc(Cn2cc(C=O)nn2)o1. The molecular weight excluding hydrogens is 182 g/mol. The lowest BCUT2D eigenvalue weighted by Crippen LogP contribution is -1.98. The highest BCUT2D eigenvalue weighted by Gasteiger charge is 2.02. The third-order valence-corrected chi connectivity index (χ3v) is 1.79. The molecule has 0 fully saturated rings. The number of carbonyl (C=O) groups is 1. The molecule has 0 amide bonds. The first kappa shape index (κ1) is 8.68. The zero-order chi connectivity index (χ0) is 9.97. The Labute approximate surface area is 80.3 Å². The van der Waals surface area contributed by atoms with E-state index >= 15 is 0 Å². The van der Waals surface area contributed by atoms with Crippen molar-refractivity contribution in [2.45, 2.75) is 13.5 Å². The van der Waals surface area contributed by atoms with Gasteiger partial charge in [-0.3, -0.25) is 4.79 Å². The van der Waals surface area contributed by atoms with Crippen LogP contribution in [-0.4, -0.2) is 21.3 Å². The van der Waals surface area contributed by atoms with Gasteiger partial charge in [0.05, 0.1) is 6.20 Å². The maximum Gasteiger partial charge on any atom is 0.171 e. The largest absolute Gasteiger partial charge is 0.464 e. The van der Waals surface area contributed by atoms with Crippen LogP contribution < -0.4 is 0 Å². The molecule has 0 aliphatic carbocycles. The van der Waals surface area contributed by atoms with Crippen LogP contribution in [0.4, 0.5) is 0 Å². The van der Waals surface area contributed by atoms with E-state index in [9.17, 15) is 4.79 Å². The van der Waals surface area contributed by atoms with Crippen molar-refractivity contribution in [1.29, 1.82) is 0 Å². The van der Waals surface area contributed by atoms with Crippen molar-refractivity contribution in [2.24, 2.45) is 0 Å². The maximum absolute atomic E-state index is 10.3. The molecule has 0 atom stereocenters. The summed E-state index contributed by atoms with van der Waals surface area (Å²) in [5, 5.41) is 7.41. The second-order valence-corrected chi connectivity index (χ2v) is 2.97. The fourth-order valence-corrected chi connectivity index (χ4v) is 1.17. The monoisotopic (exact) mass is 191 g/mol. The van der Waals surface area contributed by atoms with E-state index < -0.39 is 0 Å². The first-order valence-electron chi connectivity index (χ1n) is 4.18. The molecule has 2 aromatic heterocycles. The fraction of sp³-hybridized carbons (Fsp3) is 0.222. The Morgan fingerprint density at radius 3 is 3.00 bits per heavy atom. The van der Waals surface area contributed by atoms with Crippen LogP contribution in [-0.2, 0) is 6.54 Å². The van der Waals surface area contributed by atoms with Gasteiger partial charge in [0.25, 0.3) is 0 Å². The van der Waals surface area contributed by atoms with Crippen molar-refractivity contribution in [1.82, 2.24) is 15.0 Å². The molecule has 0 saturated heterocycles. The summed E-state index contributed by atoms with van der Waals surface area (Å²) in [5.74, 6) is 1.65. The smallest absolute Gasteiger partial charge is 0.171 e. The normalized spacial score (nSPS) is 10.4. The first-order chi connectivity index (χ1) is 6.78. The topological polar surface area (TPSA) is 60.9 Å². The van der Waals surface area contributed by atoms with Gasteiger partial charge in [-0.2, -0.15) is 0 Å². The molecule has 0 bridgehead atoms. The number of aryl methyl sites for hydroxylation is 1. The number of hydrogen-bond acceptors (Lipinski definition) is 4. The minimum atomic E-state index is 0.327. The predicted molar refractivity (Wildman–Crippen MR) is 48.0 cm³/mol. The lowest BCUT2D eigenvalue weighted by molar-refractivity contribution is 0.111. The highest BCUT2D eigenvalue weighted by atomic mass is 16.3. The molecule has 72 valence electrons. The third-order valence-electron chi connectivity index (χ3n) is 1.79. The van der Waals surface area contributed by atoms with Gasteiger partial charge in [0.15, 0.2) is 6.29 Å². The van der Waals surface area contributed by atoms with Crippen LogP contribution in [0.3, 0.4) is 0 Å². The summed E-state index contributed by atoms with van der Waals surface area (Å²) in [5.41, 5.74) is 0.327. The molecule has 0 N–H and O–H groups in total. The molecule has 0 saturated carbocycles. The van der Waals surface area contributed by atoms with E-state index in [-0.39, 0.29) is 0 Å². The van der Waals surface area contributed by atoms with Crippen molar-refractivity contribution in [3.8, 4) is 0 Å². The highest BCUT2D eigenvalue weighted by molar-refractivity contribution is 5.70. The second-order valence-electron chi connectivity index (χ2n) is 2.97. The minimum Gasteiger partial charge on any atom is -0.464 e. The van der Waals surface area contributed by atoms with Crippen LogP contribution in [0.2, 0.25) is 0 Å². The Kier molecular flexibility index (Phi) is 2.14. The maximum atomic E-state index is 10.3. The van der Waals surface area contributed by atoms with Gasteiger partial charge >= 0.3 is 0 Å².